The molecule has 0 spiro atoms. The first kappa shape index (κ1) is 12.8. The molecule has 0 unspecified atom stereocenters. The quantitative estimate of drug-likeness (QED) is 0.873. The van der Waals surface area contributed by atoms with Crippen molar-refractivity contribution in [3.8, 4) is 5.75 Å². The Morgan fingerprint density at radius 1 is 1.11 bits per heavy atom. The highest BCUT2D eigenvalue weighted by molar-refractivity contribution is 9.10. The predicted molar refractivity (Wildman–Crippen MR) is 69.2 cm³/mol. The van der Waals surface area contributed by atoms with Gasteiger partial charge in [-0.15, -0.1) is 0 Å². The molecule has 0 atom stereocenters. The molecule has 94 valence electrons. The van der Waals surface area contributed by atoms with Crippen LogP contribution < -0.4 is 10.5 Å². The van der Waals surface area contributed by atoms with Gasteiger partial charge in [0.25, 0.3) is 0 Å². The first-order valence-corrected chi connectivity index (χ1v) is 5.98. The van der Waals surface area contributed by atoms with Crippen LogP contribution in [0.5, 0.6) is 5.75 Å². The highest BCUT2D eigenvalue weighted by Gasteiger charge is 2.06. The van der Waals surface area contributed by atoms with Crippen LogP contribution in [0.3, 0.4) is 0 Å². The molecule has 0 saturated carbocycles. The van der Waals surface area contributed by atoms with Gasteiger partial charge in [0.05, 0.1) is 4.47 Å². The molecule has 2 aromatic rings. The summed E-state index contributed by atoms with van der Waals surface area (Å²) in [5, 5.41) is 0. The van der Waals surface area contributed by atoms with E-state index in [1.165, 1.54) is 6.07 Å². The van der Waals surface area contributed by atoms with Gasteiger partial charge >= 0.3 is 0 Å². The van der Waals surface area contributed by atoms with E-state index in [0.29, 0.717) is 21.5 Å². The first-order chi connectivity index (χ1) is 8.58. The van der Waals surface area contributed by atoms with Gasteiger partial charge in [0, 0.05) is 5.69 Å². The van der Waals surface area contributed by atoms with Crippen LogP contribution in [0.15, 0.2) is 40.9 Å². The van der Waals surface area contributed by atoms with Crippen LogP contribution in [-0.4, -0.2) is 0 Å². The average Bonchev–Trinajstić information content (AvgIpc) is 2.35. The Bertz CT molecular complexity index is 575. The normalized spacial score (nSPS) is 10.4. The number of anilines is 1. The Labute approximate surface area is 112 Å². The minimum atomic E-state index is -0.886. The second-order valence-electron chi connectivity index (χ2n) is 3.70. The third kappa shape index (κ3) is 2.79. The fraction of sp³-hybridized carbons (Fsp3) is 0.0769. The summed E-state index contributed by atoms with van der Waals surface area (Å²) in [7, 11) is 0. The summed E-state index contributed by atoms with van der Waals surface area (Å²) in [4.78, 5) is 0. The SMILES string of the molecule is Nc1cccc(OCc2ccc(F)c(F)c2)c1Br. The van der Waals surface area contributed by atoms with Crippen molar-refractivity contribution < 1.29 is 13.5 Å². The molecule has 0 aliphatic heterocycles. The lowest BCUT2D eigenvalue weighted by molar-refractivity contribution is 0.303. The van der Waals surface area contributed by atoms with E-state index in [4.69, 9.17) is 10.5 Å². The summed E-state index contributed by atoms with van der Waals surface area (Å²) < 4.78 is 31.9. The van der Waals surface area contributed by atoms with Gasteiger partial charge in [-0.25, -0.2) is 8.78 Å². The van der Waals surface area contributed by atoms with Gasteiger partial charge in [0.1, 0.15) is 12.4 Å². The standard InChI is InChI=1S/C13H10BrF2NO/c14-13-11(17)2-1-3-12(13)18-7-8-4-5-9(15)10(16)6-8/h1-6H,7,17H2. The fourth-order valence-electron chi connectivity index (χ4n) is 1.43. The van der Waals surface area contributed by atoms with Crippen LogP contribution in [0.25, 0.3) is 0 Å². The van der Waals surface area contributed by atoms with Crippen molar-refractivity contribution in [2.45, 2.75) is 6.61 Å². The van der Waals surface area contributed by atoms with E-state index in [1.54, 1.807) is 18.2 Å². The van der Waals surface area contributed by atoms with E-state index in [9.17, 15) is 8.78 Å². The van der Waals surface area contributed by atoms with Crippen molar-refractivity contribution in [1.82, 2.24) is 0 Å². The Kier molecular flexibility index (Phi) is 3.81. The fourth-order valence-corrected chi connectivity index (χ4v) is 1.81. The van der Waals surface area contributed by atoms with E-state index in [2.05, 4.69) is 15.9 Å². The molecule has 0 amide bonds. The lowest BCUT2D eigenvalue weighted by atomic mass is 10.2. The number of hydrogen-bond acceptors (Lipinski definition) is 2. The molecule has 2 aromatic carbocycles. The maximum absolute atomic E-state index is 13.0. The molecule has 0 fully saturated rings. The number of ether oxygens (including phenoxy) is 1. The van der Waals surface area contributed by atoms with E-state index >= 15 is 0 Å². The molecular formula is C13H10BrF2NO. The summed E-state index contributed by atoms with van der Waals surface area (Å²) in [6.45, 7) is 0.138. The zero-order chi connectivity index (χ0) is 13.1. The molecule has 0 aromatic heterocycles. The first-order valence-electron chi connectivity index (χ1n) is 5.18. The van der Waals surface area contributed by atoms with Crippen LogP contribution in [-0.2, 0) is 6.61 Å². The Hall–Kier alpha value is -1.62. The molecule has 2 nitrogen and oxygen atoms in total. The number of nitrogen functional groups attached to an aromatic ring is 1. The van der Waals surface area contributed by atoms with Crippen molar-refractivity contribution in [2.75, 3.05) is 5.73 Å². The molecule has 2 rings (SSSR count). The number of halogens is 3. The number of rotatable bonds is 3. The van der Waals surface area contributed by atoms with Gasteiger partial charge < -0.3 is 10.5 Å². The van der Waals surface area contributed by atoms with Crippen molar-refractivity contribution >= 4 is 21.6 Å². The highest BCUT2D eigenvalue weighted by Crippen LogP contribution is 2.30. The summed E-state index contributed by atoms with van der Waals surface area (Å²) in [6, 6.07) is 8.87. The largest absolute Gasteiger partial charge is 0.488 e. The number of hydrogen-bond donors (Lipinski definition) is 1. The van der Waals surface area contributed by atoms with Crippen LogP contribution in [0.1, 0.15) is 5.56 Å². The maximum atomic E-state index is 13.0. The van der Waals surface area contributed by atoms with E-state index in [-0.39, 0.29) is 6.61 Å². The van der Waals surface area contributed by atoms with Crippen molar-refractivity contribution in [1.29, 1.82) is 0 Å². The van der Waals surface area contributed by atoms with Gasteiger partial charge in [0.2, 0.25) is 0 Å². The molecule has 0 aliphatic carbocycles. The van der Waals surface area contributed by atoms with Crippen LogP contribution in [0, 0.1) is 11.6 Å². The van der Waals surface area contributed by atoms with Crippen molar-refractivity contribution in [3.63, 3.8) is 0 Å². The molecule has 18 heavy (non-hydrogen) atoms. The van der Waals surface area contributed by atoms with Gasteiger partial charge in [0.15, 0.2) is 11.6 Å². The summed E-state index contributed by atoms with van der Waals surface area (Å²) >= 11 is 3.30. The summed E-state index contributed by atoms with van der Waals surface area (Å²) in [5.41, 5.74) is 6.80. The minimum absolute atomic E-state index is 0.138. The lowest BCUT2D eigenvalue weighted by Gasteiger charge is -2.09. The molecule has 0 bridgehead atoms. The van der Waals surface area contributed by atoms with Gasteiger partial charge in [-0.05, 0) is 45.8 Å². The zero-order valence-corrected chi connectivity index (χ0v) is 10.9. The van der Waals surface area contributed by atoms with E-state index in [1.807, 2.05) is 0 Å². The summed E-state index contributed by atoms with van der Waals surface area (Å²) in [5.74, 6) is -1.20. The molecule has 0 aliphatic rings. The number of nitrogens with two attached hydrogens (primary N) is 1. The van der Waals surface area contributed by atoms with E-state index in [0.717, 1.165) is 12.1 Å². The van der Waals surface area contributed by atoms with Crippen LogP contribution >= 0.6 is 15.9 Å². The Balaban J connectivity index is 2.11. The smallest absolute Gasteiger partial charge is 0.159 e. The molecular weight excluding hydrogens is 304 g/mol. The highest BCUT2D eigenvalue weighted by atomic mass is 79.9. The molecule has 0 radical (unpaired) electrons. The van der Waals surface area contributed by atoms with Crippen LogP contribution in [0.2, 0.25) is 0 Å². The zero-order valence-electron chi connectivity index (χ0n) is 9.29. The topological polar surface area (TPSA) is 35.2 Å². The second kappa shape index (κ2) is 5.35. The van der Waals surface area contributed by atoms with Crippen molar-refractivity contribution in [2.24, 2.45) is 0 Å². The minimum Gasteiger partial charge on any atom is -0.488 e. The van der Waals surface area contributed by atoms with Gasteiger partial charge in [-0.1, -0.05) is 12.1 Å². The predicted octanol–water partition coefficient (Wildman–Crippen LogP) is 3.89. The molecule has 5 heteroatoms. The maximum Gasteiger partial charge on any atom is 0.159 e. The summed E-state index contributed by atoms with van der Waals surface area (Å²) in [6.07, 6.45) is 0. The van der Waals surface area contributed by atoms with Gasteiger partial charge in [-0.2, -0.15) is 0 Å². The van der Waals surface area contributed by atoms with Crippen LogP contribution in [0.4, 0.5) is 14.5 Å². The third-order valence-electron chi connectivity index (χ3n) is 2.37. The average molecular weight is 314 g/mol. The van der Waals surface area contributed by atoms with Gasteiger partial charge in [-0.3, -0.25) is 0 Å². The number of benzene rings is 2. The van der Waals surface area contributed by atoms with E-state index < -0.39 is 11.6 Å². The monoisotopic (exact) mass is 313 g/mol. The Morgan fingerprint density at radius 3 is 2.61 bits per heavy atom. The second-order valence-corrected chi connectivity index (χ2v) is 4.49. The molecule has 0 heterocycles. The van der Waals surface area contributed by atoms with Crippen molar-refractivity contribution in [3.05, 3.63) is 58.1 Å². The Morgan fingerprint density at radius 2 is 1.89 bits per heavy atom. The lowest BCUT2D eigenvalue weighted by Crippen LogP contribution is -1.99. The molecule has 0 saturated heterocycles. The third-order valence-corrected chi connectivity index (χ3v) is 3.22. The molecule has 2 N–H and O–H groups in total.